The number of hydrogen-bond acceptors (Lipinski definition) is 3. The monoisotopic (exact) mass is 253 g/mol. The summed E-state index contributed by atoms with van der Waals surface area (Å²) in [5.41, 5.74) is 2.19. The standard InChI is InChI=1S/C15H27NO2/c1-7-11(3)12(9-10-15(4,5)6)13(16)14(17)18-8-2/h16H,7-10H2,1-6H3/b12-11+,16-13?. The fourth-order valence-electron chi connectivity index (χ4n) is 1.59. The molecule has 0 bridgehead atoms. The molecular formula is C15H27NO2. The summed E-state index contributed by atoms with van der Waals surface area (Å²) < 4.78 is 4.91. The molecular weight excluding hydrogens is 226 g/mol. The van der Waals surface area contributed by atoms with Crippen LogP contribution in [0.4, 0.5) is 0 Å². The predicted octanol–water partition coefficient (Wildman–Crippen LogP) is 4.12. The van der Waals surface area contributed by atoms with Crippen LogP contribution in [0.5, 0.6) is 0 Å². The number of nitrogens with one attached hydrogen (secondary N) is 1. The molecule has 18 heavy (non-hydrogen) atoms. The van der Waals surface area contributed by atoms with E-state index in [4.69, 9.17) is 10.1 Å². The number of allylic oxidation sites excluding steroid dienone is 1. The summed E-state index contributed by atoms with van der Waals surface area (Å²) in [7, 11) is 0. The van der Waals surface area contributed by atoms with Gasteiger partial charge in [0.25, 0.3) is 0 Å². The van der Waals surface area contributed by atoms with Crippen molar-refractivity contribution in [2.24, 2.45) is 5.41 Å². The Bertz CT molecular complexity index is 335. The van der Waals surface area contributed by atoms with Crippen LogP contribution in [0.15, 0.2) is 11.1 Å². The molecule has 0 aliphatic rings. The largest absolute Gasteiger partial charge is 0.461 e. The van der Waals surface area contributed by atoms with E-state index < -0.39 is 5.97 Å². The molecule has 0 aromatic rings. The summed E-state index contributed by atoms with van der Waals surface area (Å²) >= 11 is 0. The molecule has 0 unspecified atom stereocenters. The Morgan fingerprint density at radius 2 is 1.78 bits per heavy atom. The minimum atomic E-state index is -0.505. The first-order valence-electron chi connectivity index (χ1n) is 6.67. The Balaban J connectivity index is 4.93. The average Bonchev–Trinajstić information content (AvgIpc) is 2.27. The van der Waals surface area contributed by atoms with Crippen LogP contribution in [0.2, 0.25) is 0 Å². The molecule has 0 amide bonds. The van der Waals surface area contributed by atoms with Gasteiger partial charge >= 0.3 is 5.97 Å². The minimum Gasteiger partial charge on any atom is -0.461 e. The van der Waals surface area contributed by atoms with Gasteiger partial charge in [0.2, 0.25) is 0 Å². The van der Waals surface area contributed by atoms with Crippen LogP contribution in [0.1, 0.15) is 60.8 Å². The number of esters is 1. The van der Waals surface area contributed by atoms with Gasteiger partial charge in [-0.3, -0.25) is 5.41 Å². The van der Waals surface area contributed by atoms with Gasteiger partial charge in [0.15, 0.2) is 0 Å². The van der Waals surface area contributed by atoms with Gasteiger partial charge < -0.3 is 4.74 Å². The lowest BCUT2D eigenvalue weighted by atomic mass is 9.86. The van der Waals surface area contributed by atoms with Crippen molar-refractivity contribution in [2.75, 3.05) is 6.61 Å². The Kier molecular flexibility index (Phi) is 6.89. The molecule has 1 N–H and O–H groups in total. The zero-order valence-electron chi connectivity index (χ0n) is 12.6. The molecule has 104 valence electrons. The maximum atomic E-state index is 11.6. The first-order valence-corrected chi connectivity index (χ1v) is 6.67. The van der Waals surface area contributed by atoms with E-state index in [-0.39, 0.29) is 11.1 Å². The van der Waals surface area contributed by atoms with Crippen molar-refractivity contribution in [1.82, 2.24) is 0 Å². The molecule has 0 aliphatic carbocycles. The number of carbonyl (C=O) groups is 1. The van der Waals surface area contributed by atoms with Crippen LogP contribution in [0.25, 0.3) is 0 Å². The van der Waals surface area contributed by atoms with Crippen molar-refractivity contribution in [1.29, 1.82) is 5.41 Å². The van der Waals surface area contributed by atoms with Crippen molar-refractivity contribution in [2.45, 2.75) is 60.8 Å². The number of ether oxygens (including phenoxy) is 1. The highest BCUT2D eigenvalue weighted by molar-refractivity contribution is 6.42. The molecule has 0 aromatic carbocycles. The Labute approximate surface area is 111 Å². The summed E-state index contributed by atoms with van der Waals surface area (Å²) in [5.74, 6) is -0.505. The van der Waals surface area contributed by atoms with Crippen LogP contribution < -0.4 is 0 Å². The van der Waals surface area contributed by atoms with Crippen LogP contribution in [0, 0.1) is 10.8 Å². The van der Waals surface area contributed by atoms with E-state index in [0.29, 0.717) is 6.61 Å². The fraction of sp³-hybridized carbons (Fsp3) is 0.733. The van der Waals surface area contributed by atoms with Crippen LogP contribution in [-0.4, -0.2) is 18.3 Å². The second-order valence-corrected chi connectivity index (χ2v) is 5.77. The number of rotatable bonds is 6. The summed E-state index contributed by atoms with van der Waals surface area (Å²) in [6.45, 7) is 12.6. The summed E-state index contributed by atoms with van der Waals surface area (Å²) in [6.07, 6.45) is 2.59. The van der Waals surface area contributed by atoms with E-state index >= 15 is 0 Å². The van der Waals surface area contributed by atoms with E-state index in [2.05, 4.69) is 20.8 Å². The minimum absolute atomic E-state index is 0.0282. The molecule has 0 atom stereocenters. The highest BCUT2D eigenvalue weighted by Crippen LogP contribution is 2.26. The van der Waals surface area contributed by atoms with Gasteiger partial charge in [-0.1, -0.05) is 33.3 Å². The lowest BCUT2D eigenvalue weighted by Gasteiger charge is -2.20. The third-order valence-electron chi connectivity index (χ3n) is 2.95. The molecule has 3 heteroatoms. The molecule has 0 spiro atoms. The second kappa shape index (κ2) is 7.34. The van der Waals surface area contributed by atoms with Gasteiger partial charge in [-0.25, -0.2) is 4.79 Å². The lowest BCUT2D eigenvalue weighted by Crippen LogP contribution is -2.21. The number of carbonyl (C=O) groups excluding carboxylic acids is 1. The second-order valence-electron chi connectivity index (χ2n) is 5.77. The Hall–Kier alpha value is -1.12. The van der Waals surface area contributed by atoms with Crippen molar-refractivity contribution < 1.29 is 9.53 Å². The van der Waals surface area contributed by atoms with Gasteiger partial charge in [-0.2, -0.15) is 0 Å². The molecule has 0 radical (unpaired) electrons. The first-order chi connectivity index (χ1) is 8.22. The maximum Gasteiger partial charge on any atom is 0.356 e. The van der Waals surface area contributed by atoms with Gasteiger partial charge in [-0.05, 0) is 44.1 Å². The quantitative estimate of drug-likeness (QED) is 0.571. The van der Waals surface area contributed by atoms with E-state index in [9.17, 15) is 4.79 Å². The van der Waals surface area contributed by atoms with Gasteiger partial charge in [0.05, 0.1) is 6.61 Å². The van der Waals surface area contributed by atoms with E-state index in [0.717, 1.165) is 30.4 Å². The van der Waals surface area contributed by atoms with Crippen molar-refractivity contribution in [3.63, 3.8) is 0 Å². The van der Waals surface area contributed by atoms with E-state index in [1.165, 1.54) is 0 Å². The Morgan fingerprint density at radius 3 is 2.17 bits per heavy atom. The van der Waals surface area contributed by atoms with Gasteiger partial charge in [0, 0.05) is 0 Å². The zero-order chi connectivity index (χ0) is 14.3. The van der Waals surface area contributed by atoms with Crippen LogP contribution >= 0.6 is 0 Å². The molecule has 0 saturated carbocycles. The summed E-state index contributed by atoms with van der Waals surface area (Å²) in [6, 6.07) is 0. The molecule has 0 rings (SSSR count). The first kappa shape index (κ1) is 16.9. The van der Waals surface area contributed by atoms with E-state index in [1.54, 1.807) is 6.92 Å². The van der Waals surface area contributed by atoms with Crippen molar-refractivity contribution in [3.05, 3.63) is 11.1 Å². The topological polar surface area (TPSA) is 50.2 Å². The lowest BCUT2D eigenvalue weighted by molar-refractivity contribution is -0.135. The molecule has 3 nitrogen and oxygen atoms in total. The third kappa shape index (κ3) is 5.99. The van der Waals surface area contributed by atoms with E-state index in [1.807, 2.05) is 13.8 Å². The zero-order valence-corrected chi connectivity index (χ0v) is 12.6. The van der Waals surface area contributed by atoms with Crippen molar-refractivity contribution >= 4 is 11.7 Å². The normalized spacial score (nSPS) is 13.0. The highest BCUT2D eigenvalue weighted by atomic mass is 16.5. The fourth-order valence-corrected chi connectivity index (χ4v) is 1.59. The molecule has 0 saturated heterocycles. The van der Waals surface area contributed by atoms with Gasteiger partial charge in [-0.15, -0.1) is 0 Å². The Morgan fingerprint density at radius 1 is 1.22 bits per heavy atom. The molecule has 0 aromatic heterocycles. The van der Waals surface area contributed by atoms with Crippen LogP contribution in [-0.2, 0) is 9.53 Å². The predicted molar refractivity (Wildman–Crippen MR) is 76.0 cm³/mol. The summed E-state index contributed by atoms with van der Waals surface area (Å²) in [4.78, 5) is 11.6. The third-order valence-corrected chi connectivity index (χ3v) is 2.95. The molecule has 0 heterocycles. The maximum absolute atomic E-state index is 11.6. The highest BCUT2D eigenvalue weighted by Gasteiger charge is 2.20. The van der Waals surface area contributed by atoms with Crippen molar-refractivity contribution in [3.8, 4) is 0 Å². The summed E-state index contributed by atoms with van der Waals surface area (Å²) in [5, 5.41) is 7.96. The van der Waals surface area contributed by atoms with Gasteiger partial charge in [0.1, 0.15) is 5.71 Å². The SMILES string of the molecule is CCOC(=O)C(=N)/C(CCC(C)(C)C)=C(\C)CC. The average molecular weight is 253 g/mol. The molecule has 0 fully saturated rings. The molecule has 0 aliphatic heterocycles. The number of hydrogen-bond donors (Lipinski definition) is 1. The smallest absolute Gasteiger partial charge is 0.356 e. The van der Waals surface area contributed by atoms with Crippen LogP contribution in [0.3, 0.4) is 0 Å².